The van der Waals surface area contributed by atoms with Gasteiger partial charge in [0.25, 0.3) is 0 Å². The number of unbranched alkanes of at least 4 members (excludes halogenated alkanes) is 2. The first-order chi connectivity index (χ1) is 9.16. The van der Waals surface area contributed by atoms with Gasteiger partial charge >= 0.3 is 5.97 Å². The summed E-state index contributed by atoms with van der Waals surface area (Å²) in [5.41, 5.74) is -0.421. The van der Waals surface area contributed by atoms with Crippen LogP contribution < -0.4 is 0 Å². The normalized spacial score (nSPS) is 12.5. The molecule has 4 nitrogen and oxygen atoms in total. The van der Waals surface area contributed by atoms with Crippen molar-refractivity contribution in [2.24, 2.45) is 5.41 Å². The highest BCUT2D eigenvalue weighted by Crippen LogP contribution is 2.18. The van der Waals surface area contributed by atoms with Crippen molar-refractivity contribution in [1.82, 2.24) is 0 Å². The molecule has 0 aliphatic rings. The number of ether oxygens (including phenoxy) is 1. The Kier molecular flexibility index (Phi) is 9.06. The van der Waals surface area contributed by atoms with Crippen LogP contribution in [0.25, 0.3) is 0 Å². The zero-order chi connectivity index (χ0) is 15.6. The smallest absolute Gasteiger partial charge is 0.306 e. The largest absolute Gasteiger partial charge is 0.457 e. The van der Waals surface area contributed by atoms with Gasteiger partial charge in [-0.25, -0.2) is 9.78 Å². The van der Waals surface area contributed by atoms with Crippen molar-refractivity contribution >= 4 is 5.97 Å². The van der Waals surface area contributed by atoms with Crippen molar-refractivity contribution in [3.63, 3.8) is 0 Å². The summed E-state index contributed by atoms with van der Waals surface area (Å²) in [4.78, 5) is 21.9. The van der Waals surface area contributed by atoms with Crippen molar-refractivity contribution < 1.29 is 19.3 Å². The summed E-state index contributed by atoms with van der Waals surface area (Å²) in [6, 6.07) is 0. The lowest BCUT2D eigenvalue weighted by Crippen LogP contribution is -2.33. The molecular weight excluding hydrogens is 256 g/mol. The number of hydrogen-bond acceptors (Lipinski definition) is 4. The minimum absolute atomic E-state index is 0.165. The fourth-order valence-corrected chi connectivity index (χ4v) is 1.50. The van der Waals surface area contributed by atoms with E-state index in [4.69, 9.17) is 14.5 Å². The van der Waals surface area contributed by atoms with Crippen molar-refractivity contribution in [2.45, 2.75) is 79.2 Å². The standard InChI is InChI=1S/C16H32O4/c1-7-8-9-10-14(17)20-16(5,6)13-19-18-12-11-15(2,3)4/h7-13H2,1-6H3. The van der Waals surface area contributed by atoms with Gasteiger partial charge in [-0.2, -0.15) is 0 Å². The molecule has 0 aromatic heterocycles. The van der Waals surface area contributed by atoms with Gasteiger partial charge in [0.15, 0.2) is 0 Å². The van der Waals surface area contributed by atoms with Gasteiger partial charge in [-0.05, 0) is 32.1 Å². The second-order valence-electron chi connectivity index (χ2n) is 7.09. The predicted molar refractivity (Wildman–Crippen MR) is 80.3 cm³/mol. The number of carbonyl (C=O) groups is 1. The van der Waals surface area contributed by atoms with E-state index < -0.39 is 5.60 Å². The van der Waals surface area contributed by atoms with Crippen LogP contribution in [0.4, 0.5) is 0 Å². The molecule has 20 heavy (non-hydrogen) atoms. The Balaban J connectivity index is 3.75. The molecule has 0 saturated carbocycles. The van der Waals surface area contributed by atoms with Crippen LogP contribution in [0.3, 0.4) is 0 Å². The lowest BCUT2D eigenvalue weighted by Gasteiger charge is -2.24. The minimum Gasteiger partial charge on any atom is -0.457 e. The Morgan fingerprint density at radius 2 is 1.65 bits per heavy atom. The summed E-state index contributed by atoms with van der Waals surface area (Å²) in [5.74, 6) is -0.165. The molecule has 120 valence electrons. The van der Waals surface area contributed by atoms with Crippen LogP contribution in [0, 0.1) is 5.41 Å². The highest BCUT2D eigenvalue weighted by atomic mass is 17.2. The lowest BCUT2D eigenvalue weighted by atomic mass is 9.93. The van der Waals surface area contributed by atoms with E-state index in [2.05, 4.69) is 27.7 Å². The molecule has 4 heteroatoms. The summed E-state index contributed by atoms with van der Waals surface area (Å²) in [5, 5.41) is 0. The molecule has 0 atom stereocenters. The summed E-state index contributed by atoms with van der Waals surface area (Å²) in [7, 11) is 0. The average Bonchev–Trinajstić information content (AvgIpc) is 2.26. The third kappa shape index (κ3) is 12.4. The van der Waals surface area contributed by atoms with Gasteiger partial charge in [-0.15, -0.1) is 0 Å². The van der Waals surface area contributed by atoms with Gasteiger partial charge in [0, 0.05) is 6.42 Å². The first kappa shape index (κ1) is 19.4. The van der Waals surface area contributed by atoms with Crippen LogP contribution in [0.1, 0.15) is 73.6 Å². The van der Waals surface area contributed by atoms with Gasteiger partial charge in [0.2, 0.25) is 0 Å². The van der Waals surface area contributed by atoms with Crippen molar-refractivity contribution in [3.05, 3.63) is 0 Å². The topological polar surface area (TPSA) is 44.8 Å². The van der Waals surface area contributed by atoms with Crippen LogP contribution in [0.2, 0.25) is 0 Å². The first-order valence-electron chi connectivity index (χ1n) is 7.62. The van der Waals surface area contributed by atoms with Gasteiger partial charge in [-0.3, -0.25) is 4.79 Å². The molecule has 0 saturated heterocycles. The number of esters is 1. The molecular formula is C16H32O4. The maximum atomic E-state index is 11.6. The van der Waals surface area contributed by atoms with E-state index in [1.54, 1.807) is 0 Å². The van der Waals surface area contributed by atoms with Crippen LogP contribution in [-0.2, 0) is 19.3 Å². The van der Waals surface area contributed by atoms with Crippen molar-refractivity contribution in [1.29, 1.82) is 0 Å². The van der Waals surface area contributed by atoms with Crippen molar-refractivity contribution in [2.75, 3.05) is 13.2 Å². The molecule has 0 bridgehead atoms. The van der Waals surface area contributed by atoms with Crippen LogP contribution >= 0.6 is 0 Å². The van der Waals surface area contributed by atoms with Gasteiger partial charge < -0.3 is 4.74 Å². The van der Waals surface area contributed by atoms with Crippen molar-refractivity contribution in [3.8, 4) is 0 Å². The van der Waals surface area contributed by atoms with E-state index in [9.17, 15) is 4.79 Å². The molecule has 0 heterocycles. The van der Waals surface area contributed by atoms with Gasteiger partial charge in [0.1, 0.15) is 12.2 Å². The van der Waals surface area contributed by atoms with Crippen LogP contribution in [-0.4, -0.2) is 24.8 Å². The zero-order valence-electron chi connectivity index (χ0n) is 14.1. The first-order valence-corrected chi connectivity index (χ1v) is 7.62. The highest BCUT2D eigenvalue weighted by molar-refractivity contribution is 5.69. The average molecular weight is 288 g/mol. The quantitative estimate of drug-likeness (QED) is 0.260. The zero-order valence-corrected chi connectivity index (χ0v) is 14.1. The monoisotopic (exact) mass is 288 g/mol. The SMILES string of the molecule is CCCCCC(=O)OC(C)(C)COOCCC(C)(C)C. The lowest BCUT2D eigenvalue weighted by molar-refractivity contribution is -0.316. The second kappa shape index (κ2) is 9.35. The molecule has 0 spiro atoms. The third-order valence-corrected chi connectivity index (χ3v) is 2.80. The van der Waals surface area contributed by atoms with E-state index >= 15 is 0 Å². The molecule has 0 unspecified atom stereocenters. The summed E-state index contributed by atoms with van der Waals surface area (Å²) < 4.78 is 5.39. The Hall–Kier alpha value is -0.610. The van der Waals surface area contributed by atoms with E-state index in [1.165, 1.54) is 0 Å². The van der Waals surface area contributed by atoms with E-state index in [-0.39, 0.29) is 18.0 Å². The maximum absolute atomic E-state index is 11.6. The molecule has 0 aromatic rings. The summed E-state index contributed by atoms with van der Waals surface area (Å²) >= 11 is 0. The summed E-state index contributed by atoms with van der Waals surface area (Å²) in [6.07, 6.45) is 4.43. The Labute approximate surface area is 124 Å². The molecule has 0 rings (SSSR count). The third-order valence-electron chi connectivity index (χ3n) is 2.80. The molecule has 0 radical (unpaired) electrons. The number of hydrogen-bond donors (Lipinski definition) is 0. The van der Waals surface area contributed by atoms with E-state index in [0.717, 1.165) is 25.7 Å². The van der Waals surface area contributed by atoms with Crippen LogP contribution in [0.5, 0.6) is 0 Å². The molecule has 0 fully saturated rings. The molecule has 0 aromatic carbocycles. The molecule has 0 N–H and O–H groups in total. The van der Waals surface area contributed by atoms with Gasteiger partial charge in [0.05, 0.1) is 6.61 Å². The second-order valence-corrected chi connectivity index (χ2v) is 7.09. The Morgan fingerprint density at radius 1 is 1.00 bits per heavy atom. The highest BCUT2D eigenvalue weighted by Gasteiger charge is 2.23. The number of carbonyl (C=O) groups excluding carboxylic acids is 1. The minimum atomic E-state index is -0.648. The van der Waals surface area contributed by atoms with E-state index in [0.29, 0.717) is 13.0 Å². The number of rotatable bonds is 10. The van der Waals surface area contributed by atoms with Gasteiger partial charge in [-0.1, -0.05) is 40.5 Å². The predicted octanol–water partition coefficient (Wildman–Crippen LogP) is 4.27. The van der Waals surface area contributed by atoms with E-state index in [1.807, 2.05) is 13.8 Å². The molecule has 0 aliphatic heterocycles. The molecule has 0 amide bonds. The fraction of sp³-hybridized carbons (Fsp3) is 0.938. The Morgan fingerprint density at radius 3 is 2.20 bits per heavy atom. The summed E-state index contributed by atoms with van der Waals surface area (Å²) in [6.45, 7) is 13.0. The fourth-order valence-electron chi connectivity index (χ4n) is 1.50. The maximum Gasteiger partial charge on any atom is 0.306 e. The van der Waals surface area contributed by atoms with Crippen LogP contribution in [0.15, 0.2) is 0 Å². The molecule has 0 aliphatic carbocycles. The Bertz CT molecular complexity index is 266.